The summed E-state index contributed by atoms with van der Waals surface area (Å²) in [6.07, 6.45) is 3.61. The fourth-order valence-electron chi connectivity index (χ4n) is 2.72. The van der Waals surface area contributed by atoms with Gasteiger partial charge in [-0.25, -0.2) is 4.98 Å². The molecule has 5 nitrogen and oxygen atoms in total. The van der Waals surface area contributed by atoms with Crippen molar-refractivity contribution >= 4 is 21.0 Å². The first kappa shape index (κ1) is 16.6. The Kier molecular flexibility index (Phi) is 4.17. The van der Waals surface area contributed by atoms with Crippen LogP contribution in [0.1, 0.15) is 22.4 Å². The third kappa shape index (κ3) is 2.94. The summed E-state index contributed by atoms with van der Waals surface area (Å²) in [5.74, 6) is 1.13. The second kappa shape index (κ2) is 6.02. The van der Waals surface area contributed by atoms with Gasteiger partial charge in [-0.15, -0.1) is 0 Å². The number of H-pyrrole nitrogens is 1. The normalized spacial score (nSPS) is 12.5. The van der Waals surface area contributed by atoms with Crippen molar-refractivity contribution in [3.8, 4) is 5.75 Å². The van der Waals surface area contributed by atoms with E-state index < -0.39 is 9.93 Å². The van der Waals surface area contributed by atoms with Crippen LogP contribution in [0.5, 0.6) is 5.75 Å². The number of hydrogen-bond donors (Lipinski definition) is 2. The van der Waals surface area contributed by atoms with Gasteiger partial charge < -0.3 is 9.72 Å². The monoisotopic (exact) mass is 345 g/mol. The van der Waals surface area contributed by atoms with Crippen LogP contribution >= 0.6 is 0 Å². The number of nitrogens with zero attached hydrogens (tertiary/aromatic N) is 2. The number of nitrogens with one attached hydrogen (secondary N) is 1. The lowest BCUT2D eigenvalue weighted by molar-refractivity contribution is 0.415. The first-order chi connectivity index (χ1) is 11.3. The summed E-state index contributed by atoms with van der Waals surface area (Å²) in [4.78, 5) is 12.2. The second-order valence-corrected chi connectivity index (χ2v) is 9.28. The van der Waals surface area contributed by atoms with Crippen molar-refractivity contribution in [2.75, 3.05) is 13.4 Å². The zero-order valence-electron chi connectivity index (χ0n) is 14.7. The Morgan fingerprint density at radius 1 is 1.21 bits per heavy atom. The highest BCUT2D eigenvalue weighted by Crippen LogP contribution is 2.26. The zero-order chi connectivity index (χ0) is 17.5. The lowest BCUT2D eigenvalue weighted by atomic mass is 10.1. The van der Waals surface area contributed by atoms with E-state index in [1.54, 1.807) is 13.4 Å². The third-order valence-corrected chi connectivity index (χ3v) is 6.59. The standard InChI is InChI=1S/C18H23N3O2S/c1-11-9-19-17(13(3)12(11)2)10-24(5,22)18-20-15-7-6-14(23-4)8-16(15)21-18/h6-9,24H,10H2,1-5H3,(H,20,21). The number of imidazole rings is 1. The molecule has 1 N–H and O–H groups in total. The maximum Gasteiger partial charge on any atom is 0.173 e. The number of methoxy groups -OCH3 is 1. The molecule has 2 heterocycles. The van der Waals surface area contributed by atoms with Gasteiger partial charge in [0.1, 0.15) is 5.75 Å². The fraction of sp³-hybridized carbons (Fsp3) is 0.333. The molecule has 0 saturated carbocycles. The number of pyridine rings is 1. The Balaban J connectivity index is 1.99. The number of rotatable bonds is 4. The number of aromatic nitrogens is 3. The van der Waals surface area contributed by atoms with Crippen molar-refractivity contribution in [1.29, 1.82) is 0 Å². The van der Waals surface area contributed by atoms with Crippen molar-refractivity contribution < 1.29 is 8.95 Å². The molecule has 0 amide bonds. The Morgan fingerprint density at radius 3 is 2.67 bits per heavy atom. The fourth-order valence-corrected chi connectivity index (χ4v) is 4.44. The average molecular weight is 345 g/mol. The summed E-state index contributed by atoms with van der Waals surface area (Å²) in [6, 6.07) is 5.60. The van der Waals surface area contributed by atoms with Crippen LogP contribution in [-0.2, 0) is 15.7 Å². The Morgan fingerprint density at radius 2 is 1.96 bits per heavy atom. The van der Waals surface area contributed by atoms with Crippen LogP contribution < -0.4 is 4.74 Å². The molecule has 128 valence electrons. The van der Waals surface area contributed by atoms with Gasteiger partial charge in [0.2, 0.25) is 0 Å². The summed E-state index contributed by atoms with van der Waals surface area (Å²) in [5.41, 5.74) is 5.96. The quantitative estimate of drug-likeness (QED) is 0.713. The zero-order valence-corrected chi connectivity index (χ0v) is 15.6. The second-order valence-electron chi connectivity index (χ2n) is 6.34. The molecule has 0 unspecified atom stereocenters. The van der Waals surface area contributed by atoms with Gasteiger partial charge in [-0.2, -0.15) is 0 Å². The van der Waals surface area contributed by atoms with E-state index in [1.807, 2.05) is 38.2 Å². The van der Waals surface area contributed by atoms with E-state index in [9.17, 15) is 4.21 Å². The molecule has 3 rings (SSSR count). The van der Waals surface area contributed by atoms with Crippen molar-refractivity contribution in [3.63, 3.8) is 0 Å². The molecule has 2 aromatic heterocycles. The van der Waals surface area contributed by atoms with E-state index in [0.717, 1.165) is 33.6 Å². The molecule has 0 spiro atoms. The van der Waals surface area contributed by atoms with Gasteiger partial charge in [0.05, 0.1) is 29.6 Å². The van der Waals surface area contributed by atoms with Crippen molar-refractivity contribution in [2.45, 2.75) is 31.7 Å². The SMILES string of the molecule is COc1ccc2[nH]c([SH](C)(=O)Cc3ncc(C)c(C)c3C)nc2c1. The number of aromatic amines is 1. The number of benzene rings is 1. The summed E-state index contributed by atoms with van der Waals surface area (Å²) >= 11 is 0. The Hall–Kier alpha value is -2.21. The van der Waals surface area contributed by atoms with Crippen LogP contribution in [0.2, 0.25) is 0 Å². The van der Waals surface area contributed by atoms with Crippen LogP contribution in [0.15, 0.2) is 29.6 Å². The molecule has 0 aliphatic carbocycles. The Bertz CT molecular complexity index is 962. The van der Waals surface area contributed by atoms with Crippen molar-refractivity contribution in [1.82, 2.24) is 15.0 Å². The maximum atomic E-state index is 13.3. The molecule has 0 fully saturated rings. The maximum absolute atomic E-state index is 13.3. The largest absolute Gasteiger partial charge is 0.497 e. The molecule has 0 aliphatic rings. The van der Waals surface area contributed by atoms with Crippen molar-refractivity contribution in [2.24, 2.45) is 0 Å². The van der Waals surface area contributed by atoms with E-state index >= 15 is 0 Å². The predicted molar refractivity (Wildman–Crippen MR) is 98.5 cm³/mol. The van der Waals surface area contributed by atoms with Gasteiger partial charge in [0, 0.05) is 12.3 Å². The van der Waals surface area contributed by atoms with Crippen LogP contribution in [0.4, 0.5) is 0 Å². The number of aryl methyl sites for hydroxylation is 1. The topological polar surface area (TPSA) is 67.9 Å². The Labute approximate surface area is 142 Å². The number of hydrogen-bond acceptors (Lipinski definition) is 4. The van der Waals surface area contributed by atoms with E-state index in [1.165, 1.54) is 5.56 Å². The summed E-state index contributed by atoms with van der Waals surface area (Å²) in [5, 5.41) is 0.533. The van der Waals surface area contributed by atoms with Crippen LogP contribution in [0.3, 0.4) is 0 Å². The number of ether oxygens (including phenoxy) is 1. The first-order valence-electron chi connectivity index (χ1n) is 7.84. The molecule has 0 aliphatic heterocycles. The molecule has 24 heavy (non-hydrogen) atoms. The average Bonchev–Trinajstić information content (AvgIpc) is 2.99. The van der Waals surface area contributed by atoms with Crippen LogP contribution in [0, 0.1) is 20.8 Å². The molecule has 3 aromatic rings. The first-order valence-corrected chi connectivity index (χ1v) is 10.2. The highest BCUT2D eigenvalue weighted by atomic mass is 32.2. The van der Waals surface area contributed by atoms with Crippen LogP contribution in [-0.4, -0.2) is 32.5 Å². The van der Waals surface area contributed by atoms with Gasteiger partial charge in [-0.1, -0.05) is 0 Å². The van der Waals surface area contributed by atoms with Crippen molar-refractivity contribution in [3.05, 3.63) is 46.8 Å². The van der Waals surface area contributed by atoms with Crippen LogP contribution in [0.25, 0.3) is 11.0 Å². The summed E-state index contributed by atoms with van der Waals surface area (Å²) in [6.45, 7) is 6.15. The minimum absolute atomic E-state index is 0.400. The highest BCUT2D eigenvalue weighted by molar-refractivity contribution is 8.01. The predicted octanol–water partition coefficient (Wildman–Crippen LogP) is 3.10. The van der Waals surface area contributed by atoms with Gasteiger partial charge in [-0.05, 0) is 65.8 Å². The minimum Gasteiger partial charge on any atom is -0.497 e. The molecule has 6 heteroatoms. The lowest BCUT2D eigenvalue weighted by Crippen LogP contribution is -2.17. The van der Waals surface area contributed by atoms with Gasteiger partial charge in [0.15, 0.2) is 5.16 Å². The molecule has 0 radical (unpaired) electrons. The van der Waals surface area contributed by atoms with E-state index in [4.69, 9.17) is 4.74 Å². The summed E-state index contributed by atoms with van der Waals surface area (Å²) < 4.78 is 18.5. The number of thiol groups is 1. The highest BCUT2D eigenvalue weighted by Gasteiger charge is 2.20. The van der Waals surface area contributed by atoms with Gasteiger partial charge in [0.25, 0.3) is 0 Å². The van der Waals surface area contributed by atoms with E-state index in [0.29, 0.717) is 10.9 Å². The summed E-state index contributed by atoms with van der Waals surface area (Å²) in [7, 11) is -1.08. The number of fused-ring (bicyclic) bond motifs is 1. The van der Waals surface area contributed by atoms with Gasteiger partial charge in [-0.3, -0.25) is 9.19 Å². The lowest BCUT2D eigenvalue weighted by Gasteiger charge is -2.18. The smallest absolute Gasteiger partial charge is 0.173 e. The molecule has 0 bridgehead atoms. The molecular weight excluding hydrogens is 322 g/mol. The van der Waals surface area contributed by atoms with E-state index in [-0.39, 0.29) is 0 Å². The van der Waals surface area contributed by atoms with E-state index in [2.05, 4.69) is 21.9 Å². The third-order valence-electron chi connectivity index (χ3n) is 4.58. The molecular formula is C18H23N3O2S. The molecule has 1 aromatic carbocycles. The molecule has 0 atom stereocenters. The molecule has 0 saturated heterocycles. The minimum atomic E-state index is -2.69. The van der Waals surface area contributed by atoms with Gasteiger partial charge >= 0.3 is 0 Å².